The van der Waals surface area contributed by atoms with Crippen LogP contribution in [0.4, 0.5) is 0 Å². The molecule has 0 bridgehead atoms. The summed E-state index contributed by atoms with van der Waals surface area (Å²) in [5.41, 5.74) is 7.60. The van der Waals surface area contributed by atoms with Gasteiger partial charge in [-0.3, -0.25) is 0 Å². The topological polar surface area (TPSA) is 25.8 Å². The molecule has 1 heterocycles. The van der Waals surface area contributed by atoms with Crippen molar-refractivity contribution in [3.8, 4) is 22.4 Å². The lowest BCUT2D eigenvalue weighted by molar-refractivity contribution is 0.687. The van der Waals surface area contributed by atoms with E-state index in [0.717, 1.165) is 23.2 Å². The molecule has 3 aromatic rings. The summed E-state index contributed by atoms with van der Waals surface area (Å²) in [6, 6.07) is 17.0. The Labute approximate surface area is 130 Å². The van der Waals surface area contributed by atoms with Crippen molar-refractivity contribution in [3.63, 3.8) is 0 Å². The van der Waals surface area contributed by atoms with Crippen molar-refractivity contribution >= 4 is 0 Å². The Kier molecular flexibility index (Phi) is 3.43. The molecule has 22 heavy (non-hydrogen) atoms. The molecule has 0 N–H and O–H groups in total. The summed E-state index contributed by atoms with van der Waals surface area (Å²) in [7, 11) is 0. The summed E-state index contributed by atoms with van der Waals surface area (Å²) in [4.78, 5) is 8.85. The van der Waals surface area contributed by atoms with Crippen LogP contribution in [0.25, 0.3) is 22.4 Å². The SMILES string of the molecule is c1ccc(-c2ncncc2-c2cccc3c2CCCC3)cc1. The van der Waals surface area contributed by atoms with Gasteiger partial charge in [-0.2, -0.15) is 0 Å². The van der Waals surface area contributed by atoms with E-state index in [1.165, 1.54) is 36.0 Å². The summed E-state index contributed by atoms with van der Waals surface area (Å²) < 4.78 is 0. The van der Waals surface area contributed by atoms with Gasteiger partial charge in [0, 0.05) is 17.3 Å². The van der Waals surface area contributed by atoms with Gasteiger partial charge >= 0.3 is 0 Å². The van der Waals surface area contributed by atoms with Crippen molar-refractivity contribution in [2.45, 2.75) is 25.7 Å². The first-order chi connectivity index (χ1) is 10.9. The van der Waals surface area contributed by atoms with Gasteiger partial charge in [0.2, 0.25) is 0 Å². The van der Waals surface area contributed by atoms with Crippen LogP contribution in [0, 0.1) is 0 Å². The molecule has 0 spiro atoms. The third-order valence-electron chi connectivity index (χ3n) is 4.45. The fraction of sp³-hybridized carbons (Fsp3) is 0.200. The lowest BCUT2D eigenvalue weighted by Gasteiger charge is -2.20. The molecule has 2 aromatic carbocycles. The number of nitrogens with zero attached hydrogens (tertiary/aromatic N) is 2. The highest BCUT2D eigenvalue weighted by Crippen LogP contribution is 2.35. The van der Waals surface area contributed by atoms with Gasteiger partial charge in [-0.25, -0.2) is 9.97 Å². The van der Waals surface area contributed by atoms with Crippen molar-refractivity contribution < 1.29 is 0 Å². The lowest BCUT2D eigenvalue weighted by atomic mass is 9.85. The van der Waals surface area contributed by atoms with E-state index >= 15 is 0 Å². The standard InChI is InChI=1S/C20H18N2/c1-2-8-16(9-3-1)20-19(13-21-14-22-20)18-12-6-10-15-7-4-5-11-17(15)18/h1-3,6,8-10,12-14H,4-5,7,11H2. The zero-order valence-electron chi connectivity index (χ0n) is 12.5. The third kappa shape index (κ3) is 2.31. The summed E-state index contributed by atoms with van der Waals surface area (Å²) in [5, 5.41) is 0. The third-order valence-corrected chi connectivity index (χ3v) is 4.45. The van der Waals surface area contributed by atoms with E-state index in [2.05, 4.69) is 52.4 Å². The Morgan fingerprint density at radius 1 is 0.773 bits per heavy atom. The first-order valence-electron chi connectivity index (χ1n) is 7.90. The Morgan fingerprint density at radius 2 is 1.64 bits per heavy atom. The Bertz CT molecular complexity index is 794. The number of aromatic nitrogens is 2. The van der Waals surface area contributed by atoms with Crippen LogP contribution in [0.5, 0.6) is 0 Å². The molecular formula is C20H18N2. The van der Waals surface area contributed by atoms with E-state index in [9.17, 15) is 0 Å². The average Bonchev–Trinajstić information content (AvgIpc) is 2.62. The smallest absolute Gasteiger partial charge is 0.116 e. The highest BCUT2D eigenvalue weighted by molar-refractivity contribution is 5.82. The number of hydrogen-bond donors (Lipinski definition) is 0. The van der Waals surface area contributed by atoms with Crippen molar-refractivity contribution in [3.05, 3.63) is 72.2 Å². The largest absolute Gasteiger partial charge is 0.244 e. The minimum atomic E-state index is 1.02. The fourth-order valence-electron chi connectivity index (χ4n) is 3.39. The van der Waals surface area contributed by atoms with Crippen LogP contribution in [0.3, 0.4) is 0 Å². The molecule has 4 rings (SSSR count). The highest BCUT2D eigenvalue weighted by Gasteiger charge is 2.17. The van der Waals surface area contributed by atoms with Gasteiger partial charge in [0.25, 0.3) is 0 Å². The van der Waals surface area contributed by atoms with Crippen LogP contribution in [0.2, 0.25) is 0 Å². The van der Waals surface area contributed by atoms with Gasteiger partial charge in [0.1, 0.15) is 6.33 Å². The molecule has 0 unspecified atom stereocenters. The molecule has 1 aliphatic carbocycles. The minimum Gasteiger partial charge on any atom is -0.244 e. The number of rotatable bonds is 2. The predicted octanol–water partition coefficient (Wildman–Crippen LogP) is 4.69. The van der Waals surface area contributed by atoms with Crippen LogP contribution in [0.15, 0.2) is 61.1 Å². The van der Waals surface area contributed by atoms with Gasteiger partial charge < -0.3 is 0 Å². The molecule has 0 radical (unpaired) electrons. The molecule has 2 nitrogen and oxygen atoms in total. The minimum absolute atomic E-state index is 1.02. The normalized spacial score (nSPS) is 13.6. The van der Waals surface area contributed by atoms with E-state index in [1.807, 2.05) is 12.3 Å². The second-order valence-corrected chi connectivity index (χ2v) is 5.80. The summed E-state index contributed by atoms with van der Waals surface area (Å²) in [6.07, 6.45) is 8.53. The summed E-state index contributed by atoms with van der Waals surface area (Å²) >= 11 is 0. The molecule has 0 saturated carbocycles. The quantitative estimate of drug-likeness (QED) is 0.683. The first kappa shape index (κ1) is 13.2. The zero-order chi connectivity index (χ0) is 14.8. The Hall–Kier alpha value is -2.48. The van der Waals surface area contributed by atoms with E-state index in [1.54, 1.807) is 6.33 Å². The second-order valence-electron chi connectivity index (χ2n) is 5.80. The van der Waals surface area contributed by atoms with Crippen LogP contribution in [-0.4, -0.2) is 9.97 Å². The maximum Gasteiger partial charge on any atom is 0.116 e. The van der Waals surface area contributed by atoms with Gasteiger partial charge in [-0.05, 0) is 42.4 Å². The second kappa shape index (κ2) is 5.72. The van der Waals surface area contributed by atoms with Crippen molar-refractivity contribution in [2.75, 3.05) is 0 Å². The lowest BCUT2D eigenvalue weighted by Crippen LogP contribution is -2.05. The van der Waals surface area contributed by atoms with Crippen molar-refractivity contribution in [1.82, 2.24) is 9.97 Å². The van der Waals surface area contributed by atoms with Gasteiger partial charge in [0.15, 0.2) is 0 Å². The van der Waals surface area contributed by atoms with E-state index < -0.39 is 0 Å². The van der Waals surface area contributed by atoms with E-state index in [-0.39, 0.29) is 0 Å². The molecular weight excluding hydrogens is 268 g/mol. The number of benzene rings is 2. The maximum atomic E-state index is 4.56. The maximum absolute atomic E-state index is 4.56. The van der Waals surface area contributed by atoms with E-state index in [4.69, 9.17) is 0 Å². The molecule has 0 saturated heterocycles. The highest BCUT2D eigenvalue weighted by atomic mass is 14.8. The van der Waals surface area contributed by atoms with Crippen LogP contribution < -0.4 is 0 Å². The molecule has 0 fully saturated rings. The summed E-state index contributed by atoms with van der Waals surface area (Å²) in [6.45, 7) is 0. The molecule has 2 heteroatoms. The van der Waals surface area contributed by atoms with Gasteiger partial charge in [-0.1, -0.05) is 48.5 Å². The monoisotopic (exact) mass is 286 g/mol. The molecule has 0 atom stereocenters. The predicted molar refractivity (Wildman–Crippen MR) is 89.5 cm³/mol. The Morgan fingerprint density at radius 3 is 2.55 bits per heavy atom. The van der Waals surface area contributed by atoms with Crippen molar-refractivity contribution in [2.24, 2.45) is 0 Å². The molecule has 108 valence electrons. The first-order valence-corrected chi connectivity index (χ1v) is 7.90. The van der Waals surface area contributed by atoms with Crippen LogP contribution in [-0.2, 0) is 12.8 Å². The van der Waals surface area contributed by atoms with Crippen LogP contribution in [0.1, 0.15) is 24.0 Å². The van der Waals surface area contributed by atoms with E-state index in [0.29, 0.717) is 0 Å². The number of fused-ring (bicyclic) bond motifs is 1. The van der Waals surface area contributed by atoms with Crippen LogP contribution >= 0.6 is 0 Å². The molecule has 0 amide bonds. The average molecular weight is 286 g/mol. The molecule has 0 aliphatic heterocycles. The molecule has 1 aliphatic rings. The number of hydrogen-bond acceptors (Lipinski definition) is 2. The Balaban J connectivity index is 1.91. The zero-order valence-corrected chi connectivity index (χ0v) is 12.5. The summed E-state index contributed by atoms with van der Waals surface area (Å²) in [5.74, 6) is 0. The van der Waals surface area contributed by atoms with Crippen molar-refractivity contribution in [1.29, 1.82) is 0 Å². The number of aryl methyl sites for hydroxylation is 1. The van der Waals surface area contributed by atoms with Gasteiger partial charge in [-0.15, -0.1) is 0 Å². The molecule has 1 aromatic heterocycles. The fourth-order valence-corrected chi connectivity index (χ4v) is 3.39. The van der Waals surface area contributed by atoms with Gasteiger partial charge in [0.05, 0.1) is 5.69 Å².